The molecule has 20 heavy (non-hydrogen) atoms. The van der Waals surface area contributed by atoms with E-state index in [1.54, 1.807) is 6.07 Å². The van der Waals surface area contributed by atoms with E-state index in [0.717, 1.165) is 6.42 Å². The van der Waals surface area contributed by atoms with Crippen molar-refractivity contribution < 1.29 is 9.53 Å². The summed E-state index contributed by atoms with van der Waals surface area (Å²) in [6.07, 6.45) is 1.46. The van der Waals surface area contributed by atoms with E-state index < -0.39 is 0 Å². The molecule has 1 amide bonds. The number of amides is 1. The molecule has 1 fully saturated rings. The van der Waals surface area contributed by atoms with Crippen LogP contribution in [0.4, 0.5) is 11.5 Å². The molecule has 1 aromatic heterocycles. The van der Waals surface area contributed by atoms with Crippen LogP contribution in [0.3, 0.4) is 0 Å². The molecule has 6 nitrogen and oxygen atoms in total. The molecule has 6 heteroatoms. The molecule has 0 spiro atoms. The van der Waals surface area contributed by atoms with Crippen molar-refractivity contribution in [2.24, 2.45) is 5.92 Å². The Labute approximate surface area is 119 Å². The fourth-order valence-corrected chi connectivity index (χ4v) is 1.97. The summed E-state index contributed by atoms with van der Waals surface area (Å²) in [5.41, 5.74) is 6.37. The summed E-state index contributed by atoms with van der Waals surface area (Å²) < 4.78 is 5.58. The summed E-state index contributed by atoms with van der Waals surface area (Å²) >= 11 is 0. The van der Waals surface area contributed by atoms with Crippen molar-refractivity contribution >= 4 is 17.4 Å². The molecule has 0 aromatic carbocycles. The Morgan fingerprint density at radius 3 is 3.00 bits per heavy atom. The third-order valence-electron chi connectivity index (χ3n) is 3.06. The summed E-state index contributed by atoms with van der Waals surface area (Å²) in [4.78, 5) is 15.5. The number of aromatic nitrogens is 1. The molecular weight excluding hydrogens is 256 g/mol. The zero-order valence-corrected chi connectivity index (χ0v) is 12.0. The van der Waals surface area contributed by atoms with Crippen LogP contribution in [-0.4, -0.2) is 30.1 Å². The second-order valence-corrected chi connectivity index (χ2v) is 5.48. The highest BCUT2D eigenvalue weighted by molar-refractivity contribution is 5.78. The van der Waals surface area contributed by atoms with E-state index in [9.17, 15) is 4.79 Å². The second-order valence-electron chi connectivity index (χ2n) is 5.48. The number of hydrogen-bond donors (Lipinski definition) is 3. The average molecular weight is 278 g/mol. The third-order valence-corrected chi connectivity index (χ3v) is 3.06. The van der Waals surface area contributed by atoms with Crippen LogP contribution in [0.2, 0.25) is 0 Å². The first-order valence-electron chi connectivity index (χ1n) is 6.97. The highest BCUT2D eigenvalue weighted by Crippen LogP contribution is 2.21. The summed E-state index contributed by atoms with van der Waals surface area (Å²) in [5, 5.41) is 6.11. The molecule has 1 unspecified atom stereocenters. The van der Waals surface area contributed by atoms with Crippen molar-refractivity contribution in [3.63, 3.8) is 0 Å². The van der Waals surface area contributed by atoms with Crippen LogP contribution in [0.5, 0.6) is 5.88 Å². The number of nitrogen functional groups attached to an aromatic ring is 1. The lowest BCUT2D eigenvalue weighted by Crippen LogP contribution is -2.32. The van der Waals surface area contributed by atoms with Gasteiger partial charge in [-0.15, -0.1) is 0 Å². The quantitative estimate of drug-likeness (QED) is 0.731. The van der Waals surface area contributed by atoms with Gasteiger partial charge in [-0.25, -0.2) is 0 Å². The van der Waals surface area contributed by atoms with Crippen molar-refractivity contribution in [3.05, 3.63) is 12.1 Å². The number of rotatable bonds is 6. The van der Waals surface area contributed by atoms with Crippen LogP contribution in [0.15, 0.2) is 12.1 Å². The molecule has 2 heterocycles. The first kappa shape index (κ1) is 14.4. The van der Waals surface area contributed by atoms with Crippen molar-refractivity contribution in [2.45, 2.75) is 32.7 Å². The molecule has 1 aliphatic rings. The number of nitrogens with zero attached hydrogens (tertiary/aromatic N) is 1. The van der Waals surface area contributed by atoms with Gasteiger partial charge in [-0.3, -0.25) is 4.79 Å². The fraction of sp³-hybridized carbons (Fsp3) is 0.571. The third kappa shape index (κ3) is 4.01. The van der Waals surface area contributed by atoms with E-state index in [0.29, 0.717) is 42.9 Å². The lowest BCUT2D eigenvalue weighted by molar-refractivity contribution is -0.119. The fourth-order valence-electron chi connectivity index (χ4n) is 1.97. The summed E-state index contributed by atoms with van der Waals surface area (Å²) in [6, 6.07) is 3.76. The van der Waals surface area contributed by atoms with Gasteiger partial charge >= 0.3 is 0 Å². The molecule has 110 valence electrons. The maximum Gasteiger partial charge on any atom is 0.239 e. The molecule has 1 saturated heterocycles. The highest BCUT2D eigenvalue weighted by Gasteiger charge is 2.20. The number of ether oxygens (including phenoxy) is 1. The van der Waals surface area contributed by atoms with Gasteiger partial charge in [-0.05, 0) is 24.5 Å². The Bertz CT molecular complexity index is 476. The average Bonchev–Trinajstić information content (AvgIpc) is 2.82. The highest BCUT2D eigenvalue weighted by atomic mass is 16.5. The molecule has 0 saturated carbocycles. The van der Waals surface area contributed by atoms with Gasteiger partial charge in [0, 0.05) is 19.0 Å². The summed E-state index contributed by atoms with van der Waals surface area (Å²) in [5.74, 6) is 1.70. The number of hydrogen-bond acceptors (Lipinski definition) is 5. The van der Waals surface area contributed by atoms with Crippen molar-refractivity contribution in [2.75, 3.05) is 24.2 Å². The number of carbonyl (C=O) groups is 1. The maximum absolute atomic E-state index is 11.1. The largest absolute Gasteiger partial charge is 0.476 e. The summed E-state index contributed by atoms with van der Waals surface area (Å²) in [6.45, 7) is 5.38. The molecule has 0 aliphatic carbocycles. The number of carbonyl (C=O) groups excluding carboxylic acids is 1. The number of pyridine rings is 1. The van der Waals surface area contributed by atoms with Crippen molar-refractivity contribution in [1.29, 1.82) is 0 Å². The van der Waals surface area contributed by atoms with E-state index in [-0.39, 0.29) is 11.9 Å². The number of anilines is 2. The predicted octanol–water partition coefficient (Wildman–Crippen LogP) is 1.39. The minimum absolute atomic E-state index is 0.114. The van der Waals surface area contributed by atoms with Gasteiger partial charge < -0.3 is 21.1 Å². The molecular formula is C14H22N4O2. The van der Waals surface area contributed by atoms with Gasteiger partial charge in [0.25, 0.3) is 0 Å². The number of nitrogens with two attached hydrogens (primary N) is 1. The van der Waals surface area contributed by atoms with Gasteiger partial charge in [-0.1, -0.05) is 13.8 Å². The lowest BCUT2D eigenvalue weighted by Gasteiger charge is -2.14. The van der Waals surface area contributed by atoms with E-state index in [2.05, 4.69) is 29.5 Å². The Kier molecular flexibility index (Phi) is 4.65. The standard InChI is InChI=1S/C14H22N4O2/c1-9(2)8-20-14-11(15)4-5-12(18-14)16-7-10-3-6-13(19)17-10/h4-5,9-10H,3,6-8,15H2,1-2H3,(H,16,18)(H,17,19). The van der Waals surface area contributed by atoms with Crippen LogP contribution in [0.1, 0.15) is 26.7 Å². The molecule has 0 radical (unpaired) electrons. The van der Waals surface area contributed by atoms with Crippen LogP contribution < -0.4 is 21.1 Å². The van der Waals surface area contributed by atoms with Crippen LogP contribution in [0, 0.1) is 5.92 Å². The van der Waals surface area contributed by atoms with E-state index in [4.69, 9.17) is 10.5 Å². The van der Waals surface area contributed by atoms with Crippen molar-refractivity contribution in [1.82, 2.24) is 10.3 Å². The normalized spacial score (nSPS) is 18.1. The zero-order valence-electron chi connectivity index (χ0n) is 12.0. The second kappa shape index (κ2) is 6.45. The minimum atomic E-state index is 0.114. The first-order valence-corrected chi connectivity index (χ1v) is 6.97. The Balaban J connectivity index is 1.91. The van der Waals surface area contributed by atoms with Gasteiger partial charge in [0.1, 0.15) is 5.82 Å². The monoisotopic (exact) mass is 278 g/mol. The minimum Gasteiger partial charge on any atom is -0.476 e. The van der Waals surface area contributed by atoms with E-state index in [1.807, 2.05) is 6.07 Å². The maximum atomic E-state index is 11.1. The molecule has 0 bridgehead atoms. The van der Waals surface area contributed by atoms with Crippen LogP contribution in [-0.2, 0) is 4.79 Å². The SMILES string of the molecule is CC(C)COc1nc(NCC2CCC(=O)N2)ccc1N. The summed E-state index contributed by atoms with van der Waals surface area (Å²) in [7, 11) is 0. The van der Waals surface area contributed by atoms with Crippen LogP contribution in [0.25, 0.3) is 0 Å². The number of nitrogens with one attached hydrogen (secondary N) is 2. The Hall–Kier alpha value is -1.98. The molecule has 1 atom stereocenters. The first-order chi connectivity index (χ1) is 9.54. The van der Waals surface area contributed by atoms with Gasteiger partial charge in [-0.2, -0.15) is 4.98 Å². The van der Waals surface area contributed by atoms with Gasteiger partial charge in [0.05, 0.1) is 12.3 Å². The molecule has 1 aliphatic heterocycles. The van der Waals surface area contributed by atoms with E-state index in [1.165, 1.54) is 0 Å². The Morgan fingerprint density at radius 1 is 1.55 bits per heavy atom. The molecule has 1 aromatic rings. The Morgan fingerprint density at radius 2 is 2.35 bits per heavy atom. The van der Waals surface area contributed by atoms with Gasteiger partial charge in [0.15, 0.2) is 0 Å². The predicted molar refractivity (Wildman–Crippen MR) is 78.6 cm³/mol. The molecule has 4 N–H and O–H groups in total. The smallest absolute Gasteiger partial charge is 0.239 e. The van der Waals surface area contributed by atoms with E-state index >= 15 is 0 Å². The zero-order chi connectivity index (χ0) is 14.5. The molecule has 2 rings (SSSR count). The van der Waals surface area contributed by atoms with Crippen molar-refractivity contribution in [3.8, 4) is 5.88 Å². The van der Waals surface area contributed by atoms with Gasteiger partial charge in [0.2, 0.25) is 11.8 Å². The topological polar surface area (TPSA) is 89.3 Å². The lowest BCUT2D eigenvalue weighted by atomic mass is 10.2. The van der Waals surface area contributed by atoms with Crippen LogP contribution >= 0.6 is 0 Å².